The summed E-state index contributed by atoms with van der Waals surface area (Å²) < 4.78 is 47.0. The minimum Gasteiger partial charge on any atom is -0.451 e. The molecule has 0 radical (unpaired) electrons. The van der Waals surface area contributed by atoms with Crippen LogP contribution < -0.4 is 5.32 Å². The zero-order valence-corrected chi connectivity index (χ0v) is 20.8. The first-order valence-electron chi connectivity index (χ1n) is 11.3. The molecule has 0 saturated heterocycles. The fraction of sp³-hybridized carbons (Fsp3) is 0.269. The average molecular weight is 531 g/mol. The first-order chi connectivity index (χ1) is 17.2. The largest absolute Gasteiger partial charge is 0.451 e. The number of halogens is 3. The van der Waals surface area contributed by atoms with Crippen molar-refractivity contribution in [1.29, 1.82) is 0 Å². The SMILES string of the molecule is Cc1c(C(=O)OCC(=O)NC2CCCc3ccccc32)sc2nc(-c3cccs3)cc(C(F)(F)F)c12. The molecule has 1 aliphatic carbocycles. The number of pyridine rings is 1. The van der Waals surface area contributed by atoms with Crippen molar-refractivity contribution in [2.24, 2.45) is 0 Å². The number of nitrogens with one attached hydrogen (secondary N) is 1. The highest BCUT2D eigenvalue weighted by molar-refractivity contribution is 7.20. The first kappa shape index (κ1) is 24.5. The van der Waals surface area contributed by atoms with Gasteiger partial charge in [-0.1, -0.05) is 30.3 Å². The third-order valence-electron chi connectivity index (χ3n) is 6.20. The van der Waals surface area contributed by atoms with Gasteiger partial charge in [-0.3, -0.25) is 4.79 Å². The van der Waals surface area contributed by atoms with Crippen molar-refractivity contribution >= 4 is 44.8 Å². The lowest BCUT2D eigenvalue weighted by atomic mass is 9.88. The minimum atomic E-state index is -4.63. The Kier molecular flexibility index (Phi) is 6.57. The number of nitrogens with zero attached hydrogens (tertiary/aromatic N) is 1. The maximum atomic E-state index is 13.9. The van der Waals surface area contributed by atoms with E-state index in [2.05, 4.69) is 10.3 Å². The lowest BCUT2D eigenvalue weighted by Gasteiger charge is -2.26. The van der Waals surface area contributed by atoms with Crippen LogP contribution in [0, 0.1) is 6.92 Å². The lowest BCUT2D eigenvalue weighted by molar-refractivity contribution is -0.136. The van der Waals surface area contributed by atoms with Crippen molar-refractivity contribution < 1.29 is 27.5 Å². The number of benzene rings is 1. The summed E-state index contributed by atoms with van der Waals surface area (Å²) in [7, 11) is 0. The Hall–Kier alpha value is -3.24. The van der Waals surface area contributed by atoms with E-state index in [-0.39, 0.29) is 32.4 Å². The summed E-state index contributed by atoms with van der Waals surface area (Å²) in [6, 6.07) is 12.2. The number of thiophene rings is 2. The molecule has 0 bridgehead atoms. The Morgan fingerprint density at radius 2 is 2.00 bits per heavy atom. The Morgan fingerprint density at radius 3 is 2.75 bits per heavy atom. The van der Waals surface area contributed by atoms with Crippen molar-refractivity contribution in [3.05, 3.63) is 75.0 Å². The van der Waals surface area contributed by atoms with Crippen molar-refractivity contribution in [3.63, 3.8) is 0 Å². The van der Waals surface area contributed by atoms with Gasteiger partial charge in [0.15, 0.2) is 6.61 Å². The Balaban J connectivity index is 1.36. The number of hydrogen-bond acceptors (Lipinski definition) is 6. The third kappa shape index (κ3) is 4.75. The second kappa shape index (κ2) is 9.67. The lowest BCUT2D eigenvalue weighted by Crippen LogP contribution is -2.34. The predicted molar refractivity (Wildman–Crippen MR) is 133 cm³/mol. The smallest absolute Gasteiger partial charge is 0.417 e. The van der Waals surface area contributed by atoms with E-state index in [4.69, 9.17) is 4.74 Å². The van der Waals surface area contributed by atoms with Crippen LogP contribution in [-0.4, -0.2) is 23.5 Å². The number of carbonyl (C=O) groups is 2. The molecule has 1 amide bonds. The zero-order chi connectivity index (χ0) is 25.4. The van der Waals surface area contributed by atoms with Gasteiger partial charge in [-0.15, -0.1) is 22.7 Å². The fourth-order valence-electron chi connectivity index (χ4n) is 4.55. The Morgan fingerprint density at radius 1 is 1.19 bits per heavy atom. The van der Waals surface area contributed by atoms with E-state index < -0.39 is 30.2 Å². The van der Waals surface area contributed by atoms with Crippen LogP contribution in [0.25, 0.3) is 20.8 Å². The van der Waals surface area contributed by atoms with Crippen LogP contribution in [0.2, 0.25) is 0 Å². The molecule has 0 aliphatic heterocycles. The van der Waals surface area contributed by atoms with Gasteiger partial charge in [-0.2, -0.15) is 13.2 Å². The molecule has 3 aromatic heterocycles. The summed E-state index contributed by atoms with van der Waals surface area (Å²) in [6.45, 7) is 0.918. The Bertz CT molecular complexity index is 1440. The van der Waals surface area contributed by atoms with Gasteiger partial charge in [0.1, 0.15) is 9.71 Å². The van der Waals surface area contributed by atoms with Crippen LogP contribution in [-0.2, 0) is 22.1 Å². The van der Waals surface area contributed by atoms with Gasteiger partial charge >= 0.3 is 12.1 Å². The average Bonchev–Trinajstić information content (AvgIpc) is 3.50. The molecule has 1 N–H and O–H groups in total. The second-order valence-corrected chi connectivity index (χ2v) is 10.5. The van der Waals surface area contributed by atoms with E-state index in [1.165, 1.54) is 23.8 Å². The van der Waals surface area contributed by atoms with Crippen LogP contribution in [0.1, 0.15) is 50.8 Å². The molecule has 0 spiro atoms. The minimum absolute atomic E-state index is 0.00198. The molecular weight excluding hydrogens is 509 g/mol. The number of aryl methyl sites for hydroxylation is 2. The number of aromatic nitrogens is 1. The summed E-state index contributed by atoms with van der Waals surface area (Å²) in [5, 5.41) is 4.54. The summed E-state index contributed by atoms with van der Waals surface area (Å²) in [5.41, 5.74) is 1.72. The van der Waals surface area contributed by atoms with Crippen molar-refractivity contribution in [2.75, 3.05) is 6.61 Å². The van der Waals surface area contributed by atoms with E-state index in [1.54, 1.807) is 17.5 Å². The number of carbonyl (C=O) groups excluding carboxylic acids is 2. The first-order valence-corrected chi connectivity index (χ1v) is 13.0. The number of ether oxygens (including phenoxy) is 1. The molecular formula is C26H21F3N2O3S2. The van der Waals surface area contributed by atoms with Crippen molar-refractivity contribution in [1.82, 2.24) is 10.3 Å². The van der Waals surface area contributed by atoms with Crippen molar-refractivity contribution in [2.45, 2.75) is 38.4 Å². The van der Waals surface area contributed by atoms with Gasteiger partial charge in [0.25, 0.3) is 5.91 Å². The standard InChI is InChI=1S/C26H21F3N2O3S2/c1-14-22-17(26(27,28)29)12-19(20-10-5-11-35-20)31-24(22)36-23(14)25(33)34-13-21(32)30-18-9-4-7-15-6-2-3-8-16(15)18/h2-3,5-6,8,10-12,18H,4,7,9,13H2,1H3,(H,30,32). The highest BCUT2D eigenvalue weighted by Gasteiger charge is 2.36. The summed E-state index contributed by atoms with van der Waals surface area (Å²) in [6.07, 6.45) is -1.96. The van der Waals surface area contributed by atoms with Crippen LogP contribution >= 0.6 is 22.7 Å². The monoisotopic (exact) mass is 530 g/mol. The molecule has 5 rings (SSSR count). The molecule has 1 aromatic carbocycles. The number of hydrogen-bond donors (Lipinski definition) is 1. The van der Waals surface area contributed by atoms with Gasteiger partial charge in [-0.05, 0) is 60.4 Å². The third-order valence-corrected chi connectivity index (χ3v) is 8.26. The van der Waals surface area contributed by atoms with Crippen LogP contribution in [0.5, 0.6) is 0 Å². The molecule has 3 heterocycles. The summed E-state index contributed by atoms with van der Waals surface area (Å²) >= 11 is 2.12. The molecule has 10 heteroatoms. The van der Waals surface area contributed by atoms with Crippen LogP contribution in [0.4, 0.5) is 13.2 Å². The molecule has 0 saturated carbocycles. The maximum absolute atomic E-state index is 13.9. The van der Waals surface area contributed by atoms with Crippen LogP contribution in [0.3, 0.4) is 0 Å². The molecule has 1 aliphatic rings. The predicted octanol–water partition coefficient (Wildman–Crippen LogP) is 6.70. The van der Waals surface area contributed by atoms with E-state index >= 15 is 0 Å². The number of amides is 1. The molecule has 1 atom stereocenters. The molecule has 186 valence electrons. The number of rotatable bonds is 5. The zero-order valence-electron chi connectivity index (χ0n) is 19.1. The maximum Gasteiger partial charge on any atom is 0.417 e. The van der Waals surface area contributed by atoms with Gasteiger partial charge < -0.3 is 10.1 Å². The molecule has 5 nitrogen and oxygen atoms in total. The van der Waals surface area contributed by atoms with E-state index in [0.717, 1.165) is 42.2 Å². The normalized spacial score (nSPS) is 15.5. The highest BCUT2D eigenvalue weighted by Crippen LogP contribution is 2.42. The van der Waals surface area contributed by atoms with Gasteiger partial charge in [0.2, 0.25) is 0 Å². The van der Waals surface area contributed by atoms with Gasteiger partial charge in [0, 0.05) is 5.39 Å². The molecule has 0 fully saturated rings. The van der Waals surface area contributed by atoms with Crippen LogP contribution in [0.15, 0.2) is 47.8 Å². The summed E-state index contributed by atoms with van der Waals surface area (Å²) in [4.78, 5) is 30.4. The molecule has 1 unspecified atom stereocenters. The molecule has 36 heavy (non-hydrogen) atoms. The van der Waals surface area contributed by atoms with E-state index in [9.17, 15) is 22.8 Å². The Labute approximate surface area is 212 Å². The number of fused-ring (bicyclic) bond motifs is 2. The second-order valence-electron chi connectivity index (χ2n) is 8.55. The van der Waals surface area contributed by atoms with Gasteiger partial charge in [0.05, 0.1) is 22.2 Å². The summed E-state index contributed by atoms with van der Waals surface area (Å²) in [5.74, 6) is -1.31. The van der Waals surface area contributed by atoms with Gasteiger partial charge in [-0.25, -0.2) is 9.78 Å². The molecule has 4 aromatic rings. The van der Waals surface area contributed by atoms with E-state index in [0.29, 0.717) is 4.88 Å². The topological polar surface area (TPSA) is 68.3 Å². The van der Waals surface area contributed by atoms with Crippen molar-refractivity contribution in [3.8, 4) is 10.6 Å². The quantitative estimate of drug-likeness (QED) is 0.292. The van der Waals surface area contributed by atoms with E-state index in [1.807, 2.05) is 24.3 Å². The fourth-order valence-corrected chi connectivity index (χ4v) is 6.34. The number of alkyl halides is 3. The highest BCUT2D eigenvalue weighted by atomic mass is 32.1. The number of esters is 1.